The first-order valence-corrected chi connectivity index (χ1v) is 7.83. The summed E-state index contributed by atoms with van der Waals surface area (Å²) < 4.78 is 0. The number of aromatic nitrogens is 2. The van der Waals surface area contributed by atoms with Crippen LogP contribution in [-0.4, -0.2) is 40.0 Å². The topological polar surface area (TPSA) is 67.1 Å². The third kappa shape index (κ3) is 2.07. The van der Waals surface area contributed by atoms with Crippen molar-refractivity contribution in [1.82, 2.24) is 14.9 Å². The molecule has 0 bridgehead atoms. The predicted octanol–water partition coefficient (Wildman–Crippen LogP) is 1.70. The Balaban J connectivity index is 2.05. The van der Waals surface area contributed by atoms with Crippen LogP contribution in [0.25, 0.3) is 10.2 Å². The minimum atomic E-state index is 0.280. The second-order valence-electron chi connectivity index (χ2n) is 4.29. The average molecular weight is 281 g/mol. The van der Waals surface area contributed by atoms with Gasteiger partial charge in [-0.05, 0) is 18.5 Å². The molecule has 18 heavy (non-hydrogen) atoms. The van der Waals surface area contributed by atoms with Gasteiger partial charge in [-0.15, -0.1) is 11.3 Å². The fourth-order valence-electron chi connectivity index (χ4n) is 2.09. The van der Waals surface area contributed by atoms with E-state index in [1.165, 1.54) is 5.75 Å². The number of anilines is 1. The van der Waals surface area contributed by atoms with Gasteiger partial charge in [-0.2, -0.15) is 11.8 Å². The van der Waals surface area contributed by atoms with E-state index < -0.39 is 0 Å². The van der Waals surface area contributed by atoms with Gasteiger partial charge in [-0.1, -0.05) is 0 Å². The third-order valence-electron chi connectivity index (χ3n) is 3.17. The minimum absolute atomic E-state index is 0.280. The highest BCUT2D eigenvalue weighted by Gasteiger charge is 2.24. The molecule has 5 nitrogen and oxygen atoms in total. The monoisotopic (exact) mass is 281 g/mol. The van der Waals surface area contributed by atoms with Crippen LogP contribution in [-0.2, 0) is 0 Å². The van der Waals surface area contributed by atoms with E-state index in [1.54, 1.807) is 11.3 Å². The number of thiophene rings is 1. The van der Waals surface area contributed by atoms with Crippen molar-refractivity contribution in [1.29, 1.82) is 0 Å². The molecular weight excluding hydrogens is 266 g/mol. The van der Waals surface area contributed by atoms with E-state index in [2.05, 4.69) is 27.3 Å². The maximum atomic E-state index is 5.55. The van der Waals surface area contributed by atoms with Crippen LogP contribution in [0.1, 0.15) is 11.9 Å². The molecular formula is C11H15N5S2. The van der Waals surface area contributed by atoms with Gasteiger partial charge >= 0.3 is 0 Å². The molecule has 0 amide bonds. The number of rotatable bonds is 2. The summed E-state index contributed by atoms with van der Waals surface area (Å²) in [5, 5.41) is 3.01. The number of fused-ring (bicyclic) bond motifs is 1. The number of thioether (sulfide) groups is 1. The van der Waals surface area contributed by atoms with E-state index in [-0.39, 0.29) is 6.04 Å². The molecule has 0 aliphatic carbocycles. The zero-order valence-corrected chi connectivity index (χ0v) is 11.7. The molecule has 7 heteroatoms. The van der Waals surface area contributed by atoms with E-state index in [4.69, 9.17) is 5.84 Å². The summed E-state index contributed by atoms with van der Waals surface area (Å²) in [6, 6.07) is 2.28. The number of hydrogen-bond acceptors (Lipinski definition) is 7. The Morgan fingerprint density at radius 3 is 3.17 bits per heavy atom. The molecule has 0 radical (unpaired) electrons. The molecule has 3 heterocycles. The number of hydrazine groups is 1. The van der Waals surface area contributed by atoms with E-state index in [9.17, 15) is 0 Å². The van der Waals surface area contributed by atoms with Crippen LogP contribution in [0, 0.1) is 0 Å². The lowest BCUT2D eigenvalue weighted by Crippen LogP contribution is -2.34. The van der Waals surface area contributed by atoms with Gasteiger partial charge in [0.15, 0.2) is 5.82 Å². The van der Waals surface area contributed by atoms with Gasteiger partial charge in [0.1, 0.15) is 10.7 Å². The van der Waals surface area contributed by atoms with E-state index in [0.717, 1.165) is 34.2 Å². The van der Waals surface area contributed by atoms with Crippen LogP contribution in [0.2, 0.25) is 0 Å². The summed E-state index contributed by atoms with van der Waals surface area (Å²) in [6.07, 6.45) is 0. The molecule has 1 aliphatic heterocycles. The Bertz CT molecular complexity index is 555. The lowest BCUT2D eigenvalue weighted by molar-refractivity contribution is 0.265. The molecule has 0 saturated carbocycles. The molecule has 1 aliphatic rings. The van der Waals surface area contributed by atoms with Gasteiger partial charge in [0.25, 0.3) is 0 Å². The van der Waals surface area contributed by atoms with Crippen molar-refractivity contribution >= 4 is 39.1 Å². The van der Waals surface area contributed by atoms with Crippen LogP contribution in [0.15, 0.2) is 11.4 Å². The smallest absolute Gasteiger partial charge is 0.152 e. The second kappa shape index (κ2) is 5.00. The molecule has 1 saturated heterocycles. The quantitative estimate of drug-likeness (QED) is 0.645. The Kier molecular flexibility index (Phi) is 3.38. The number of hydrogen-bond donors (Lipinski definition) is 2. The molecule has 1 atom stereocenters. The SMILES string of the molecule is CN1CCSCC1c1nc(NN)c2ccsc2n1. The highest BCUT2D eigenvalue weighted by Crippen LogP contribution is 2.30. The van der Waals surface area contributed by atoms with Gasteiger partial charge in [0.05, 0.1) is 11.4 Å². The molecule has 96 valence electrons. The fraction of sp³-hybridized carbons (Fsp3) is 0.455. The summed E-state index contributed by atoms with van der Waals surface area (Å²) >= 11 is 3.58. The number of nitrogens with two attached hydrogens (primary N) is 1. The van der Waals surface area contributed by atoms with Crippen molar-refractivity contribution in [3.05, 3.63) is 17.3 Å². The summed E-state index contributed by atoms with van der Waals surface area (Å²) in [5.41, 5.74) is 2.68. The van der Waals surface area contributed by atoms with Gasteiger partial charge in [-0.3, -0.25) is 4.90 Å². The molecule has 3 N–H and O–H groups in total. The first-order chi connectivity index (χ1) is 8.79. The Morgan fingerprint density at radius 2 is 2.39 bits per heavy atom. The highest BCUT2D eigenvalue weighted by atomic mass is 32.2. The Hall–Kier alpha value is -0.890. The van der Waals surface area contributed by atoms with Crippen molar-refractivity contribution in [2.75, 3.05) is 30.5 Å². The number of nitrogen functional groups attached to an aromatic ring is 1. The van der Waals surface area contributed by atoms with Crippen LogP contribution < -0.4 is 11.3 Å². The summed E-state index contributed by atoms with van der Waals surface area (Å²) in [4.78, 5) is 12.6. The zero-order valence-electron chi connectivity index (χ0n) is 10.1. The van der Waals surface area contributed by atoms with Crippen LogP contribution in [0.3, 0.4) is 0 Å². The maximum absolute atomic E-state index is 5.55. The first kappa shape index (κ1) is 12.2. The normalized spacial score (nSPS) is 21.3. The standard InChI is InChI=1S/C11H15N5S2/c1-16-3-5-17-6-8(16)10-13-9(15-12)7-2-4-18-11(7)14-10/h2,4,8H,3,5-6,12H2,1H3,(H,13,14,15). The van der Waals surface area contributed by atoms with Gasteiger partial charge in [-0.25, -0.2) is 15.8 Å². The van der Waals surface area contributed by atoms with Crippen molar-refractivity contribution in [2.45, 2.75) is 6.04 Å². The fourth-order valence-corrected chi connectivity index (χ4v) is 4.07. The Labute approximate surface area is 114 Å². The molecule has 3 rings (SSSR count). The lowest BCUT2D eigenvalue weighted by atomic mass is 10.2. The molecule has 1 fully saturated rings. The largest absolute Gasteiger partial charge is 0.308 e. The van der Waals surface area contributed by atoms with Crippen molar-refractivity contribution < 1.29 is 0 Å². The third-order valence-corrected chi connectivity index (χ3v) is 5.00. The number of nitrogens with zero attached hydrogens (tertiary/aromatic N) is 3. The molecule has 2 aromatic heterocycles. The van der Waals surface area contributed by atoms with Crippen LogP contribution in [0.4, 0.5) is 5.82 Å². The predicted molar refractivity (Wildman–Crippen MR) is 77.9 cm³/mol. The van der Waals surface area contributed by atoms with Gasteiger partial charge in [0.2, 0.25) is 0 Å². The van der Waals surface area contributed by atoms with Crippen LogP contribution >= 0.6 is 23.1 Å². The van der Waals surface area contributed by atoms with E-state index in [0.29, 0.717) is 0 Å². The van der Waals surface area contributed by atoms with Crippen molar-refractivity contribution in [3.63, 3.8) is 0 Å². The lowest BCUT2D eigenvalue weighted by Gasteiger charge is -2.30. The number of nitrogens with one attached hydrogen (secondary N) is 1. The average Bonchev–Trinajstić information content (AvgIpc) is 2.86. The summed E-state index contributed by atoms with van der Waals surface area (Å²) in [7, 11) is 2.13. The van der Waals surface area contributed by atoms with Gasteiger partial charge < -0.3 is 5.43 Å². The van der Waals surface area contributed by atoms with Gasteiger partial charge in [0, 0.05) is 18.1 Å². The van der Waals surface area contributed by atoms with Crippen LogP contribution in [0.5, 0.6) is 0 Å². The summed E-state index contributed by atoms with van der Waals surface area (Å²) in [6.45, 7) is 1.08. The molecule has 1 unspecified atom stereocenters. The van der Waals surface area contributed by atoms with Crippen molar-refractivity contribution in [3.8, 4) is 0 Å². The van der Waals surface area contributed by atoms with Crippen molar-refractivity contribution in [2.24, 2.45) is 5.84 Å². The molecule has 0 aromatic carbocycles. The summed E-state index contributed by atoms with van der Waals surface area (Å²) in [5.74, 6) is 9.36. The minimum Gasteiger partial charge on any atom is -0.308 e. The maximum Gasteiger partial charge on any atom is 0.152 e. The highest BCUT2D eigenvalue weighted by molar-refractivity contribution is 7.99. The zero-order chi connectivity index (χ0) is 12.5. The molecule has 0 spiro atoms. The van der Waals surface area contributed by atoms with E-state index in [1.807, 2.05) is 23.2 Å². The molecule has 2 aromatic rings. The first-order valence-electron chi connectivity index (χ1n) is 5.79. The van der Waals surface area contributed by atoms with E-state index >= 15 is 0 Å². The second-order valence-corrected chi connectivity index (χ2v) is 6.33. The Morgan fingerprint density at radius 1 is 1.50 bits per heavy atom.